The molecule has 1 aromatic carbocycles. The molecule has 2 rings (SSSR count). The number of rotatable bonds is 5. The fraction of sp³-hybridized carbons (Fsp3) is 0.143. The second-order valence-electron chi connectivity index (χ2n) is 3.70. The van der Waals surface area contributed by atoms with Gasteiger partial charge in [0.1, 0.15) is 0 Å². The number of pyridine rings is 1. The van der Waals surface area contributed by atoms with Gasteiger partial charge >= 0.3 is 0 Å². The lowest BCUT2D eigenvalue weighted by Crippen LogP contribution is -2.00. The number of aromatic nitrogens is 1. The van der Waals surface area contributed by atoms with E-state index >= 15 is 0 Å². The van der Waals surface area contributed by atoms with Crippen molar-refractivity contribution in [3.05, 3.63) is 59.2 Å². The van der Waals surface area contributed by atoms with Gasteiger partial charge in [0.05, 0.1) is 5.03 Å². The molecule has 0 saturated carbocycles. The molecule has 0 aliphatic rings. The molecule has 0 spiro atoms. The monoisotopic (exact) mass is 277 g/mol. The van der Waals surface area contributed by atoms with E-state index in [-0.39, 0.29) is 5.78 Å². The summed E-state index contributed by atoms with van der Waals surface area (Å²) >= 11 is 7.37. The van der Waals surface area contributed by atoms with Crippen LogP contribution in [0.5, 0.6) is 0 Å². The van der Waals surface area contributed by atoms with E-state index in [1.165, 1.54) is 0 Å². The van der Waals surface area contributed by atoms with Crippen LogP contribution >= 0.6 is 23.4 Å². The maximum atomic E-state index is 11.9. The van der Waals surface area contributed by atoms with Crippen molar-refractivity contribution in [2.24, 2.45) is 0 Å². The highest BCUT2D eigenvalue weighted by atomic mass is 35.5. The topological polar surface area (TPSA) is 30.0 Å². The van der Waals surface area contributed by atoms with Crippen molar-refractivity contribution in [2.75, 3.05) is 5.75 Å². The first-order valence-electron chi connectivity index (χ1n) is 5.58. The van der Waals surface area contributed by atoms with Crippen LogP contribution < -0.4 is 0 Å². The van der Waals surface area contributed by atoms with Gasteiger partial charge in [0.15, 0.2) is 5.78 Å². The van der Waals surface area contributed by atoms with Gasteiger partial charge in [0.25, 0.3) is 0 Å². The first-order chi connectivity index (χ1) is 8.75. The average molecular weight is 278 g/mol. The van der Waals surface area contributed by atoms with Gasteiger partial charge in [-0.2, -0.15) is 0 Å². The van der Waals surface area contributed by atoms with Gasteiger partial charge in [-0.25, -0.2) is 4.98 Å². The summed E-state index contributed by atoms with van der Waals surface area (Å²) in [5.74, 6) is 0.869. The summed E-state index contributed by atoms with van der Waals surface area (Å²) in [6.45, 7) is 0. The molecule has 0 radical (unpaired) electrons. The smallest absolute Gasteiger partial charge is 0.163 e. The van der Waals surface area contributed by atoms with Crippen molar-refractivity contribution >= 4 is 29.1 Å². The molecule has 0 atom stereocenters. The Morgan fingerprint density at radius 3 is 2.61 bits per heavy atom. The first kappa shape index (κ1) is 13.1. The molecule has 92 valence electrons. The minimum Gasteiger partial charge on any atom is -0.294 e. The summed E-state index contributed by atoms with van der Waals surface area (Å²) in [4.78, 5) is 16.1. The van der Waals surface area contributed by atoms with Crippen LogP contribution in [-0.4, -0.2) is 16.5 Å². The van der Waals surface area contributed by atoms with Crippen LogP contribution in [0.4, 0.5) is 0 Å². The number of hydrogen-bond donors (Lipinski definition) is 0. The van der Waals surface area contributed by atoms with E-state index in [2.05, 4.69) is 4.98 Å². The Kier molecular flexibility index (Phi) is 4.79. The van der Waals surface area contributed by atoms with E-state index in [1.54, 1.807) is 42.2 Å². The van der Waals surface area contributed by atoms with Crippen molar-refractivity contribution in [2.45, 2.75) is 11.4 Å². The van der Waals surface area contributed by atoms with Crippen molar-refractivity contribution in [3.63, 3.8) is 0 Å². The molecule has 0 saturated heterocycles. The standard InChI is InChI=1S/C14H12ClNOS/c15-12-6-4-11(5-7-12)13(17)8-10-18-14-3-1-2-9-16-14/h1-7,9H,8,10H2. The minimum atomic E-state index is 0.134. The Hall–Kier alpha value is -1.32. The molecule has 18 heavy (non-hydrogen) atoms. The minimum absolute atomic E-state index is 0.134. The van der Waals surface area contributed by atoms with Gasteiger partial charge in [0.2, 0.25) is 0 Å². The van der Waals surface area contributed by atoms with Crippen LogP contribution in [0.3, 0.4) is 0 Å². The van der Waals surface area contributed by atoms with Crippen LogP contribution in [0, 0.1) is 0 Å². The van der Waals surface area contributed by atoms with Gasteiger partial charge in [0, 0.05) is 29.0 Å². The Bertz CT molecular complexity index is 513. The summed E-state index contributed by atoms with van der Waals surface area (Å²) in [5, 5.41) is 1.59. The molecule has 0 N–H and O–H groups in total. The summed E-state index contributed by atoms with van der Waals surface area (Å²) in [6.07, 6.45) is 2.26. The molecule has 0 bridgehead atoms. The molecular formula is C14H12ClNOS. The first-order valence-corrected chi connectivity index (χ1v) is 6.94. The third-order valence-corrected chi connectivity index (χ3v) is 3.58. The molecule has 2 aromatic rings. The Morgan fingerprint density at radius 1 is 1.17 bits per heavy atom. The van der Waals surface area contributed by atoms with Crippen LogP contribution in [0.25, 0.3) is 0 Å². The molecule has 0 fully saturated rings. The number of carbonyl (C=O) groups is 1. The third-order valence-electron chi connectivity index (χ3n) is 2.38. The summed E-state index contributed by atoms with van der Waals surface area (Å²) in [6, 6.07) is 12.8. The fourth-order valence-electron chi connectivity index (χ4n) is 1.46. The van der Waals surface area contributed by atoms with E-state index in [9.17, 15) is 4.79 Å². The van der Waals surface area contributed by atoms with Gasteiger partial charge in [-0.05, 0) is 36.4 Å². The highest BCUT2D eigenvalue weighted by molar-refractivity contribution is 7.99. The van der Waals surface area contributed by atoms with Gasteiger partial charge in [-0.3, -0.25) is 4.79 Å². The molecule has 4 heteroatoms. The highest BCUT2D eigenvalue weighted by Gasteiger charge is 2.05. The maximum absolute atomic E-state index is 11.9. The van der Waals surface area contributed by atoms with E-state index in [0.717, 1.165) is 10.8 Å². The fourth-order valence-corrected chi connectivity index (χ4v) is 2.39. The normalized spacial score (nSPS) is 10.3. The zero-order valence-corrected chi connectivity index (χ0v) is 11.2. The average Bonchev–Trinajstić information content (AvgIpc) is 2.40. The second-order valence-corrected chi connectivity index (χ2v) is 5.25. The largest absolute Gasteiger partial charge is 0.294 e. The molecule has 0 amide bonds. The van der Waals surface area contributed by atoms with Crippen LogP contribution in [-0.2, 0) is 0 Å². The molecule has 0 unspecified atom stereocenters. The number of halogens is 1. The highest BCUT2D eigenvalue weighted by Crippen LogP contribution is 2.17. The number of hydrogen-bond acceptors (Lipinski definition) is 3. The molecule has 2 nitrogen and oxygen atoms in total. The zero-order chi connectivity index (χ0) is 12.8. The molecule has 0 aliphatic heterocycles. The van der Waals surface area contributed by atoms with E-state index in [1.807, 2.05) is 18.2 Å². The molecule has 1 heterocycles. The SMILES string of the molecule is O=C(CCSc1ccccn1)c1ccc(Cl)cc1. The zero-order valence-electron chi connectivity index (χ0n) is 9.67. The lowest BCUT2D eigenvalue weighted by atomic mass is 10.1. The predicted octanol–water partition coefficient (Wildman–Crippen LogP) is 4.10. The number of nitrogens with zero attached hydrogens (tertiary/aromatic N) is 1. The summed E-state index contributed by atoms with van der Waals surface area (Å²) in [7, 11) is 0. The Balaban J connectivity index is 1.84. The second kappa shape index (κ2) is 6.57. The van der Waals surface area contributed by atoms with Crippen molar-refractivity contribution in [1.82, 2.24) is 4.98 Å². The van der Waals surface area contributed by atoms with Crippen LogP contribution in [0.15, 0.2) is 53.7 Å². The van der Waals surface area contributed by atoms with E-state index in [4.69, 9.17) is 11.6 Å². The third kappa shape index (κ3) is 3.86. The Labute approximate surface area is 115 Å². The van der Waals surface area contributed by atoms with Gasteiger partial charge < -0.3 is 0 Å². The van der Waals surface area contributed by atoms with Crippen LogP contribution in [0.2, 0.25) is 5.02 Å². The number of carbonyl (C=O) groups excluding carboxylic acids is 1. The summed E-state index contributed by atoms with van der Waals surface area (Å²) in [5.41, 5.74) is 0.709. The number of Topliss-reactive ketones (excluding diaryl/α,β-unsaturated/α-hetero) is 1. The lowest BCUT2D eigenvalue weighted by molar-refractivity contribution is 0.0989. The number of ketones is 1. The predicted molar refractivity (Wildman–Crippen MR) is 75.4 cm³/mol. The molecular weight excluding hydrogens is 266 g/mol. The van der Waals surface area contributed by atoms with Gasteiger partial charge in [-0.15, -0.1) is 11.8 Å². The van der Waals surface area contributed by atoms with Crippen LogP contribution in [0.1, 0.15) is 16.8 Å². The summed E-state index contributed by atoms with van der Waals surface area (Å²) < 4.78 is 0. The quantitative estimate of drug-likeness (QED) is 0.609. The van der Waals surface area contributed by atoms with E-state index in [0.29, 0.717) is 17.0 Å². The Morgan fingerprint density at radius 2 is 1.94 bits per heavy atom. The number of benzene rings is 1. The van der Waals surface area contributed by atoms with E-state index < -0.39 is 0 Å². The van der Waals surface area contributed by atoms with Gasteiger partial charge in [-0.1, -0.05) is 17.7 Å². The maximum Gasteiger partial charge on any atom is 0.163 e. The number of thioether (sulfide) groups is 1. The molecule has 0 aliphatic carbocycles. The molecule has 1 aromatic heterocycles. The van der Waals surface area contributed by atoms with Crippen molar-refractivity contribution in [1.29, 1.82) is 0 Å². The lowest BCUT2D eigenvalue weighted by Gasteiger charge is -2.01. The van der Waals surface area contributed by atoms with Crippen molar-refractivity contribution < 1.29 is 4.79 Å². The van der Waals surface area contributed by atoms with Crippen molar-refractivity contribution in [3.8, 4) is 0 Å².